The molecule has 0 spiro atoms. The molecular weight excluding hydrogens is 268 g/mol. The van der Waals surface area contributed by atoms with Gasteiger partial charge in [0.1, 0.15) is 5.75 Å². The van der Waals surface area contributed by atoms with Crippen LogP contribution in [0.1, 0.15) is 15.9 Å². The van der Waals surface area contributed by atoms with Crippen LogP contribution < -0.4 is 4.74 Å². The summed E-state index contributed by atoms with van der Waals surface area (Å²) in [6, 6.07) is 11.3. The van der Waals surface area contributed by atoms with Crippen LogP contribution in [0.4, 0.5) is 0 Å². The highest BCUT2D eigenvalue weighted by molar-refractivity contribution is 5.96. The molecule has 2 rings (SSSR count). The van der Waals surface area contributed by atoms with Crippen LogP contribution in [0, 0.1) is 0 Å². The van der Waals surface area contributed by atoms with Crippen molar-refractivity contribution in [3.05, 3.63) is 59.9 Å². The lowest BCUT2D eigenvalue weighted by Crippen LogP contribution is -2.33. The minimum atomic E-state index is -0.188. The second-order valence-electron chi connectivity index (χ2n) is 4.51. The number of ether oxygens (including phenoxy) is 1. The Morgan fingerprint density at radius 2 is 2.05 bits per heavy atom. The predicted octanol–water partition coefficient (Wildman–Crippen LogP) is 1.72. The number of nitrogens with zero attached hydrogens (tertiary/aromatic N) is 2. The summed E-state index contributed by atoms with van der Waals surface area (Å²) in [5.74, 6) is 0.241. The molecule has 0 aliphatic rings. The van der Waals surface area contributed by atoms with E-state index in [9.17, 15) is 9.90 Å². The molecule has 110 valence electrons. The van der Waals surface area contributed by atoms with Crippen molar-refractivity contribution in [1.29, 1.82) is 0 Å². The van der Waals surface area contributed by atoms with Crippen molar-refractivity contribution in [2.75, 3.05) is 20.3 Å². The molecule has 0 unspecified atom stereocenters. The van der Waals surface area contributed by atoms with Crippen molar-refractivity contribution in [3.63, 3.8) is 0 Å². The van der Waals surface area contributed by atoms with E-state index < -0.39 is 0 Å². The zero-order valence-corrected chi connectivity index (χ0v) is 11.9. The Bertz CT molecular complexity index is 587. The molecule has 0 fully saturated rings. The van der Waals surface area contributed by atoms with Crippen molar-refractivity contribution in [3.8, 4) is 5.75 Å². The lowest BCUT2D eigenvalue weighted by Gasteiger charge is -2.22. The largest absolute Gasteiger partial charge is 0.494 e. The highest BCUT2D eigenvalue weighted by Crippen LogP contribution is 2.19. The summed E-state index contributed by atoms with van der Waals surface area (Å²) in [6.45, 7) is 0.608. The van der Waals surface area contributed by atoms with Crippen LogP contribution in [0.25, 0.3) is 0 Å². The quantitative estimate of drug-likeness (QED) is 0.878. The number of benzene rings is 1. The van der Waals surface area contributed by atoms with Crippen molar-refractivity contribution in [1.82, 2.24) is 9.88 Å². The Kier molecular flexibility index (Phi) is 5.29. The highest BCUT2D eigenvalue weighted by atomic mass is 16.5. The molecule has 1 amide bonds. The van der Waals surface area contributed by atoms with Gasteiger partial charge in [0.05, 0.1) is 25.5 Å². The molecule has 5 heteroatoms. The molecular formula is C16H18N2O3. The maximum Gasteiger partial charge on any atom is 0.258 e. The second-order valence-corrected chi connectivity index (χ2v) is 4.51. The Balaban J connectivity index is 2.23. The van der Waals surface area contributed by atoms with Crippen molar-refractivity contribution in [2.24, 2.45) is 0 Å². The molecule has 1 aromatic heterocycles. The number of hydrogen-bond donors (Lipinski definition) is 1. The van der Waals surface area contributed by atoms with Crippen LogP contribution in [0.15, 0.2) is 48.8 Å². The predicted molar refractivity (Wildman–Crippen MR) is 79.1 cm³/mol. The standard InChI is InChI=1S/C16H18N2O3/c1-21-15-11-17-8-7-14(15)16(20)18(9-10-19)12-13-5-3-2-4-6-13/h2-8,11,19H,9-10,12H2,1H3. The minimum Gasteiger partial charge on any atom is -0.494 e. The molecule has 0 saturated heterocycles. The van der Waals surface area contributed by atoms with Gasteiger partial charge >= 0.3 is 0 Å². The van der Waals surface area contributed by atoms with Gasteiger partial charge in [-0.05, 0) is 11.6 Å². The number of aromatic nitrogens is 1. The minimum absolute atomic E-state index is 0.0913. The van der Waals surface area contributed by atoms with Gasteiger partial charge in [0.15, 0.2) is 0 Å². The summed E-state index contributed by atoms with van der Waals surface area (Å²) in [5, 5.41) is 9.20. The van der Waals surface area contributed by atoms with Gasteiger partial charge in [-0.1, -0.05) is 30.3 Å². The van der Waals surface area contributed by atoms with Crippen LogP contribution in [-0.2, 0) is 6.54 Å². The number of pyridine rings is 1. The Morgan fingerprint density at radius 3 is 2.71 bits per heavy atom. The van der Waals surface area contributed by atoms with E-state index >= 15 is 0 Å². The summed E-state index contributed by atoms with van der Waals surface area (Å²) in [4.78, 5) is 18.2. The van der Waals surface area contributed by atoms with E-state index in [0.29, 0.717) is 17.9 Å². The molecule has 0 bridgehead atoms. The van der Waals surface area contributed by atoms with Gasteiger partial charge in [-0.2, -0.15) is 0 Å². The van der Waals surface area contributed by atoms with Gasteiger partial charge in [0.25, 0.3) is 5.91 Å². The third kappa shape index (κ3) is 3.79. The van der Waals surface area contributed by atoms with Crippen LogP contribution in [0.5, 0.6) is 5.75 Å². The maximum atomic E-state index is 12.6. The van der Waals surface area contributed by atoms with Crippen molar-refractivity contribution in [2.45, 2.75) is 6.54 Å². The number of rotatable bonds is 6. The Morgan fingerprint density at radius 1 is 1.29 bits per heavy atom. The molecule has 21 heavy (non-hydrogen) atoms. The number of amides is 1. The van der Waals surface area contributed by atoms with E-state index in [1.165, 1.54) is 13.3 Å². The summed E-state index contributed by atoms with van der Waals surface area (Å²) in [7, 11) is 1.50. The SMILES string of the molecule is COc1cnccc1C(=O)N(CCO)Cc1ccccc1. The fourth-order valence-corrected chi connectivity index (χ4v) is 2.07. The normalized spacial score (nSPS) is 10.2. The Hall–Kier alpha value is -2.40. The topological polar surface area (TPSA) is 62.7 Å². The average molecular weight is 286 g/mol. The summed E-state index contributed by atoms with van der Waals surface area (Å²) >= 11 is 0. The number of carbonyl (C=O) groups excluding carboxylic acids is 1. The van der Waals surface area contributed by atoms with Crippen molar-refractivity contribution < 1.29 is 14.6 Å². The van der Waals surface area contributed by atoms with Gasteiger partial charge in [-0.15, -0.1) is 0 Å². The molecule has 1 aromatic carbocycles. The van der Waals surface area contributed by atoms with Crippen LogP contribution in [-0.4, -0.2) is 41.2 Å². The first-order valence-electron chi connectivity index (χ1n) is 6.68. The Labute approximate surface area is 123 Å². The third-order valence-corrected chi connectivity index (χ3v) is 3.11. The zero-order chi connectivity index (χ0) is 15.1. The first-order valence-corrected chi connectivity index (χ1v) is 6.68. The maximum absolute atomic E-state index is 12.6. The average Bonchev–Trinajstić information content (AvgIpc) is 2.54. The van der Waals surface area contributed by atoms with Crippen molar-refractivity contribution >= 4 is 5.91 Å². The molecule has 0 radical (unpaired) electrons. The van der Waals surface area contributed by atoms with E-state index in [4.69, 9.17) is 4.74 Å². The summed E-state index contributed by atoms with van der Waals surface area (Å²) in [6.07, 6.45) is 3.06. The smallest absolute Gasteiger partial charge is 0.258 e. The lowest BCUT2D eigenvalue weighted by molar-refractivity contribution is 0.0704. The summed E-state index contributed by atoms with van der Waals surface area (Å²) < 4.78 is 5.17. The molecule has 5 nitrogen and oxygen atoms in total. The van der Waals surface area contributed by atoms with E-state index in [0.717, 1.165) is 5.56 Å². The highest BCUT2D eigenvalue weighted by Gasteiger charge is 2.19. The zero-order valence-electron chi connectivity index (χ0n) is 11.9. The number of aliphatic hydroxyl groups is 1. The molecule has 0 aliphatic heterocycles. The molecule has 0 atom stereocenters. The lowest BCUT2D eigenvalue weighted by atomic mass is 10.1. The fourth-order valence-electron chi connectivity index (χ4n) is 2.07. The van der Waals surface area contributed by atoms with Crippen LogP contribution >= 0.6 is 0 Å². The molecule has 0 saturated carbocycles. The van der Waals surface area contributed by atoms with Gasteiger partial charge in [-0.25, -0.2) is 0 Å². The fraction of sp³-hybridized carbons (Fsp3) is 0.250. The number of carbonyl (C=O) groups is 1. The van der Waals surface area contributed by atoms with E-state index in [1.54, 1.807) is 17.2 Å². The molecule has 0 aliphatic carbocycles. The van der Waals surface area contributed by atoms with Gasteiger partial charge in [0.2, 0.25) is 0 Å². The van der Waals surface area contributed by atoms with E-state index in [-0.39, 0.29) is 19.1 Å². The first kappa shape index (κ1) is 15.0. The third-order valence-electron chi connectivity index (χ3n) is 3.11. The summed E-state index contributed by atoms with van der Waals surface area (Å²) in [5.41, 5.74) is 1.45. The molecule has 2 aromatic rings. The number of hydrogen-bond acceptors (Lipinski definition) is 4. The second kappa shape index (κ2) is 7.40. The first-order chi connectivity index (χ1) is 10.3. The van der Waals surface area contributed by atoms with Gasteiger partial charge in [0, 0.05) is 19.3 Å². The van der Waals surface area contributed by atoms with Crippen LogP contribution in [0.3, 0.4) is 0 Å². The molecule has 1 heterocycles. The van der Waals surface area contributed by atoms with Gasteiger partial charge < -0.3 is 14.7 Å². The van der Waals surface area contributed by atoms with E-state index in [1.807, 2.05) is 30.3 Å². The monoisotopic (exact) mass is 286 g/mol. The van der Waals surface area contributed by atoms with Crippen LogP contribution in [0.2, 0.25) is 0 Å². The van der Waals surface area contributed by atoms with Gasteiger partial charge in [-0.3, -0.25) is 9.78 Å². The number of methoxy groups -OCH3 is 1. The number of aliphatic hydroxyl groups excluding tert-OH is 1. The molecule has 1 N–H and O–H groups in total. The van der Waals surface area contributed by atoms with E-state index in [2.05, 4.69) is 4.98 Å².